The summed E-state index contributed by atoms with van der Waals surface area (Å²) in [5.41, 5.74) is 5.25. The highest BCUT2D eigenvalue weighted by Gasteiger charge is 2.29. The predicted octanol–water partition coefficient (Wildman–Crippen LogP) is 4.40. The smallest absolute Gasteiger partial charge is 0.251 e. The van der Waals surface area contributed by atoms with E-state index in [1.165, 1.54) is 24.0 Å². The molecule has 0 bridgehead atoms. The van der Waals surface area contributed by atoms with Gasteiger partial charge in [-0.25, -0.2) is 0 Å². The number of rotatable bonds is 5. The van der Waals surface area contributed by atoms with E-state index >= 15 is 0 Å². The largest absolute Gasteiger partial charge is 0.346 e. The molecule has 0 aromatic heterocycles. The Morgan fingerprint density at radius 3 is 2.56 bits per heavy atom. The zero-order valence-electron chi connectivity index (χ0n) is 15.8. The lowest BCUT2D eigenvalue weighted by atomic mass is 9.89. The highest BCUT2D eigenvalue weighted by molar-refractivity contribution is 5.98. The Morgan fingerprint density at radius 2 is 1.78 bits per heavy atom. The van der Waals surface area contributed by atoms with Gasteiger partial charge < -0.3 is 10.6 Å². The second-order valence-electron chi connectivity index (χ2n) is 7.77. The summed E-state index contributed by atoms with van der Waals surface area (Å²) in [6.45, 7) is 2.02. The van der Waals surface area contributed by atoms with E-state index in [9.17, 15) is 9.59 Å². The number of nitrogens with one attached hydrogen (secondary N) is 2. The lowest BCUT2D eigenvalue weighted by molar-refractivity contribution is -0.117. The number of hydrogen-bond acceptors (Lipinski definition) is 2. The Bertz CT molecular complexity index is 870. The Balaban J connectivity index is 1.43. The number of hydrogen-bond donors (Lipinski definition) is 2. The molecule has 140 valence electrons. The van der Waals surface area contributed by atoms with Crippen LogP contribution < -0.4 is 10.6 Å². The van der Waals surface area contributed by atoms with E-state index in [0.717, 1.165) is 31.2 Å². The maximum absolute atomic E-state index is 12.7. The molecule has 4 heteroatoms. The van der Waals surface area contributed by atoms with Gasteiger partial charge in [-0.15, -0.1) is 0 Å². The Labute approximate surface area is 160 Å². The molecule has 2 amide bonds. The second-order valence-corrected chi connectivity index (χ2v) is 7.77. The number of carbonyl (C=O) groups is 2. The first-order valence-electron chi connectivity index (χ1n) is 9.93. The number of carbonyl (C=O) groups excluding carboxylic acids is 2. The van der Waals surface area contributed by atoms with Gasteiger partial charge in [-0.1, -0.05) is 24.3 Å². The van der Waals surface area contributed by atoms with E-state index in [-0.39, 0.29) is 23.8 Å². The number of aryl methyl sites for hydroxylation is 2. The van der Waals surface area contributed by atoms with Crippen LogP contribution in [-0.4, -0.2) is 11.8 Å². The summed E-state index contributed by atoms with van der Waals surface area (Å²) in [7, 11) is 0. The van der Waals surface area contributed by atoms with Gasteiger partial charge in [0.25, 0.3) is 5.91 Å². The standard InChI is InChI=1S/C23H26N2O2/c1-15(18-12-9-16-5-2-3-6-19(16)13-18)24-23(27)20-7-4-8-21(14-20)25-22(26)17-10-11-17/h4,7-9,12-15,17H,2-3,5-6,10-11H2,1H3,(H,24,27)(H,25,26). The van der Waals surface area contributed by atoms with Crippen LogP contribution in [0, 0.1) is 5.92 Å². The minimum absolute atomic E-state index is 0.0509. The van der Waals surface area contributed by atoms with Crippen LogP contribution in [-0.2, 0) is 17.6 Å². The average molecular weight is 362 g/mol. The molecule has 0 saturated heterocycles. The summed E-state index contributed by atoms with van der Waals surface area (Å²) in [6, 6.07) is 13.7. The van der Waals surface area contributed by atoms with Gasteiger partial charge in [-0.2, -0.15) is 0 Å². The molecule has 4 rings (SSSR count). The molecule has 1 saturated carbocycles. The summed E-state index contributed by atoms with van der Waals surface area (Å²) >= 11 is 0. The fourth-order valence-corrected chi connectivity index (χ4v) is 3.71. The van der Waals surface area contributed by atoms with Gasteiger partial charge in [-0.05, 0) is 80.3 Å². The normalized spacial score (nSPS) is 16.9. The van der Waals surface area contributed by atoms with Gasteiger partial charge in [0.15, 0.2) is 0 Å². The zero-order chi connectivity index (χ0) is 18.8. The van der Waals surface area contributed by atoms with Crippen molar-refractivity contribution in [2.24, 2.45) is 5.92 Å². The first-order valence-corrected chi connectivity index (χ1v) is 9.93. The lowest BCUT2D eigenvalue weighted by Gasteiger charge is -2.20. The fraction of sp³-hybridized carbons (Fsp3) is 0.391. The van der Waals surface area contributed by atoms with E-state index in [2.05, 4.69) is 28.8 Å². The Hall–Kier alpha value is -2.62. The predicted molar refractivity (Wildman–Crippen MR) is 107 cm³/mol. The highest BCUT2D eigenvalue weighted by Crippen LogP contribution is 2.30. The third-order valence-electron chi connectivity index (χ3n) is 5.56. The molecule has 27 heavy (non-hydrogen) atoms. The third kappa shape index (κ3) is 4.21. The van der Waals surface area contributed by atoms with Crippen molar-refractivity contribution in [2.45, 2.75) is 51.5 Å². The first-order chi connectivity index (χ1) is 13.1. The van der Waals surface area contributed by atoms with Crippen molar-refractivity contribution in [3.05, 3.63) is 64.7 Å². The van der Waals surface area contributed by atoms with Crippen LogP contribution in [0.4, 0.5) is 5.69 Å². The topological polar surface area (TPSA) is 58.2 Å². The maximum Gasteiger partial charge on any atom is 0.251 e. The molecular formula is C23H26N2O2. The van der Waals surface area contributed by atoms with E-state index < -0.39 is 0 Å². The van der Waals surface area contributed by atoms with Crippen molar-refractivity contribution in [1.29, 1.82) is 0 Å². The summed E-state index contributed by atoms with van der Waals surface area (Å²) in [5.74, 6) is 0.0734. The molecule has 0 aliphatic heterocycles. The average Bonchev–Trinajstić information content (AvgIpc) is 3.53. The molecule has 1 atom stereocenters. The summed E-state index contributed by atoms with van der Waals surface area (Å²) in [5, 5.41) is 5.98. The molecule has 2 aromatic carbocycles. The van der Waals surface area contributed by atoms with Crippen LogP contribution in [0.25, 0.3) is 0 Å². The Morgan fingerprint density at radius 1 is 1.00 bits per heavy atom. The number of anilines is 1. The molecule has 2 N–H and O–H groups in total. The quantitative estimate of drug-likeness (QED) is 0.828. The van der Waals surface area contributed by atoms with Crippen LogP contribution in [0.1, 0.15) is 65.7 Å². The van der Waals surface area contributed by atoms with Gasteiger partial charge in [0.1, 0.15) is 0 Å². The van der Waals surface area contributed by atoms with Crippen LogP contribution in [0.5, 0.6) is 0 Å². The van der Waals surface area contributed by atoms with E-state index in [4.69, 9.17) is 0 Å². The van der Waals surface area contributed by atoms with Crippen molar-refractivity contribution in [3.8, 4) is 0 Å². The minimum Gasteiger partial charge on any atom is -0.346 e. The van der Waals surface area contributed by atoms with E-state index in [1.807, 2.05) is 13.0 Å². The molecular weight excluding hydrogens is 336 g/mol. The molecule has 2 aliphatic carbocycles. The van der Waals surface area contributed by atoms with Crippen LogP contribution in [0.15, 0.2) is 42.5 Å². The van der Waals surface area contributed by atoms with E-state index in [0.29, 0.717) is 11.3 Å². The third-order valence-corrected chi connectivity index (χ3v) is 5.56. The molecule has 1 unspecified atom stereocenters. The Kier molecular flexibility index (Phi) is 4.97. The molecule has 1 fully saturated rings. The van der Waals surface area contributed by atoms with Crippen LogP contribution in [0.3, 0.4) is 0 Å². The fourth-order valence-electron chi connectivity index (χ4n) is 3.71. The molecule has 0 spiro atoms. The van der Waals surface area contributed by atoms with Gasteiger partial charge in [0, 0.05) is 17.2 Å². The number of benzene rings is 2. The van der Waals surface area contributed by atoms with Gasteiger partial charge in [0.05, 0.1) is 6.04 Å². The van der Waals surface area contributed by atoms with Crippen molar-refractivity contribution < 1.29 is 9.59 Å². The maximum atomic E-state index is 12.7. The number of fused-ring (bicyclic) bond motifs is 1. The van der Waals surface area contributed by atoms with Gasteiger partial charge in [0.2, 0.25) is 5.91 Å². The monoisotopic (exact) mass is 362 g/mol. The van der Waals surface area contributed by atoms with Gasteiger partial charge in [-0.3, -0.25) is 9.59 Å². The van der Waals surface area contributed by atoms with Crippen LogP contribution >= 0.6 is 0 Å². The zero-order valence-corrected chi connectivity index (χ0v) is 15.8. The molecule has 4 nitrogen and oxygen atoms in total. The minimum atomic E-state index is -0.122. The van der Waals surface area contributed by atoms with Gasteiger partial charge >= 0.3 is 0 Å². The molecule has 2 aromatic rings. The van der Waals surface area contributed by atoms with Crippen LogP contribution in [0.2, 0.25) is 0 Å². The second kappa shape index (κ2) is 7.55. The summed E-state index contributed by atoms with van der Waals surface area (Å²) < 4.78 is 0. The highest BCUT2D eigenvalue weighted by atomic mass is 16.2. The van der Waals surface area contributed by atoms with Crippen molar-refractivity contribution in [1.82, 2.24) is 5.32 Å². The van der Waals surface area contributed by atoms with Crippen molar-refractivity contribution in [3.63, 3.8) is 0 Å². The first kappa shape index (κ1) is 17.8. The van der Waals surface area contributed by atoms with Crippen molar-refractivity contribution in [2.75, 3.05) is 5.32 Å². The van der Waals surface area contributed by atoms with Crippen molar-refractivity contribution >= 4 is 17.5 Å². The molecule has 0 radical (unpaired) electrons. The number of amides is 2. The van der Waals surface area contributed by atoms with E-state index in [1.54, 1.807) is 18.2 Å². The molecule has 0 heterocycles. The molecule has 2 aliphatic rings. The summed E-state index contributed by atoms with van der Waals surface area (Å²) in [6.07, 6.45) is 6.74. The summed E-state index contributed by atoms with van der Waals surface area (Å²) in [4.78, 5) is 24.6. The SMILES string of the molecule is CC(NC(=O)c1cccc(NC(=O)C2CC2)c1)c1ccc2c(c1)CCCC2. The lowest BCUT2D eigenvalue weighted by Crippen LogP contribution is -2.27.